The van der Waals surface area contributed by atoms with Crippen LogP contribution in [0.4, 0.5) is 11.5 Å². The summed E-state index contributed by atoms with van der Waals surface area (Å²) in [5.74, 6) is 2.36. The molecule has 0 atom stereocenters. The van der Waals surface area contributed by atoms with Crippen molar-refractivity contribution >= 4 is 28.3 Å². The van der Waals surface area contributed by atoms with Crippen molar-refractivity contribution in [1.29, 1.82) is 0 Å². The van der Waals surface area contributed by atoms with E-state index in [2.05, 4.69) is 58.8 Å². The molecular formula is C19H23N7O. The quantitative estimate of drug-likeness (QED) is 0.598. The summed E-state index contributed by atoms with van der Waals surface area (Å²) in [4.78, 5) is 13.5. The second-order valence-electron chi connectivity index (χ2n) is 7.61. The fourth-order valence-electron chi connectivity index (χ4n) is 3.27. The van der Waals surface area contributed by atoms with Crippen molar-refractivity contribution < 1.29 is 4.74 Å². The van der Waals surface area contributed by atoms with Gasteiger partial charge in [-0.05, 0) is 18.2 Å². The van der Waals surface area contributed by atoms with Crippen molar-refractivity contribution in [3.63, 3.8) is 0 Å². The molecule has 140 valence electrons. The van der Waals surface area contributed by atoms with Gasteiger partial charge in [0.25, 0.3) is 5.78 Å². The third kappa shape index (κ3) is 3.12. The van der Waals surface area contributed by atoms with Crippen LogP contribution in [0, 0.1) is 0 Å². The molecule has 0 aliphatic carbocycles. The number of nitrogens with one attached hydrogen (secondary N) is 1. The summed E-state index contributed by atoms with van der Waals surface area (Å²) in [6.07, 6.45) is 1.49. The van der Waals surface area contributed by atoms with Gasteiger partial charge >= 0.3 is 0 Å². The smallest absolute Gasteiger partial charge is 0.254 e. The molecule has 0 amide bonds. The van der Waals surface area contributed by atoms with E-state index >= 15 is 0 Å². The summed E-state index contributed by atoms with van der Waals surface area (Å²) in [7, 11) is 3.70. The molecule has 3 aromatic heterocycles. The predicted octanol–water partition coefficient (Wildman–Crippen LogP) is 3.20. The number of rotatable bonds is 4. The second kappa shape index (κ2) is 6.31. The van der Waals surface area contributed by atoms with Crippen molar-refractivity contribution in [2.75, 3.05) is 12.4 Å². The van der Waals surface area contributed by atoms with Crippen LogP contribution in [0.15, 0.2) is 30.6 Å². The van der Waals surface area contributed by atoms with Crippen molar-refractivity contribution in [2.24, 2.45) is 7.05 Å². The molecule has 0 saturated carbocycles. The van der Waals surface area contributed by atoms with Gasteiger partial charge in [0, 0.05) is 31.3 Å². The fraction of sp³-hybridized carbons (Fsp3) is 0.368. The number of hydrogen-bond acceptors (Lipinski definition) is 6. The van der Waals surface area contributed by atoms with Gasteiger partial charge in [0.05, 0.1) is 23.3 Å². The number of aryl methyl sites for hydroxylation is 1. The Morgan fingerprint density at radius 1 is 1.15 bits per heavy atom. The number of hydrogen-bond donors (Lipinski definition) is 1. The number of anilines is 2. The van der Waals surface area contributed by atoms with Gasteiger partial charge in [0.2, 0.25) is 0 Å². The minimum Gasteiger partial charge on any atom is -0.378 e. The maximum atomic E-state index is 5.20. The topological polar surface area (TPSA) is 82.2 Å². The van der Waals surface area contributed by atoms with Gasteiger partial charge < -0.3 is 14.6 Å². The second-order valence-corrected chi connectivity index (χ2v) is 7.61. The standard InChI is InChI=1S/C19H23N7O/c1-19(2,3)17-24-14-8-12(6-7-15(14)25(17)4)22-16-9-13(10-27-5)23-18-20-11-21-26(16)18/h6-9,11,22H,10H2,1-5H3. The summed E-state index contributed by atoms with van der Waals surface area (Å²) in [6, 6.07) is 8.07. The van der Waals surface area contributed by atoms with E-state index in [1.807, 2.05) is 18.2 Å². The maximum Gasteiger partial charge on any atom is 0.254 e. The first-order chi connectivity index (χ1) is 12.9. The minimum atomic E-state index is -0.0194. The van der Waals surface area contributed by atoms with E-state index in [1.54, 1.807) is 11.6 Å². The van der Waals surface area contributed by atoms with E-state index < -0.39 is 0 Å². The number of benzene rings is 1. The van der Waals surface area contributed by atoms with Crippen LogP contribution in [0.25, 0.3) is 16.8 Å². The Kier molecular flexibility index (Phi) is 4.07. The van der Waals surface area contributed by atoms with Gasteiger partial charge in [0.1, 0.15) is 18.0 Å². The summed E-state index contributed by atoms with van der Waals surface area (Å²) >= 11 is 0. The molecule has 4 rings (SSSR count). The maximum absolute atomic E-state index is 5.20. The lowest BCUT2D eigenvalue weighted by atomic mass is 9.96. The molecule has 8 heteroatoms. The van der Waals surface area contributed by atoms with Gasteiger partial charge in [-0.3, -0.25) is 0 Å². The number of methoxy groups -OCH3 is 1. The highest BCUT2D eigenvalue weighted by Gasteiger charge is 2.21. The molecule has 0 saturated heterocycles. The molecule has 1 aromatic carbocycles. The molecule has 0 aliphatic rings. The number of nitrogens with zero attached hydrogens (tertiary/aromatic N) is 6. The number of imidazole rings is 1. The van der Waals surface area contributed by atoms with Crippen molar-refractivity contribution in [3.8, 4) is 0 Å². The van der Waals surface area contributed by atoms with E-state index in [0.717, 1.165) is 34.1 Å². The Balaban J connectivity index is 1.75. The molecule has 0 spiro atoms. The number of aromatic nitrogens is 6. The van der Waals surface area contributed by atoms with Crippen molar-refractivity contribution in [2.45, 2.75) is 32.8 Å². The number of fused-ring (bicyclic) bond motifs is 2. The average molecular weight is 365 g/mol. The van der Waals surface area contributed by atoms with Crippen LogP contribution in [0.5, 0.6) is 0 Å². The van der Waals surface area contributed by atoms with Crippen LogP contribution >= 0.6 is 0 Å². The van der Waals surface area contributed by atoms with Gasteiger partial charge in [-0.25, -0.2) is 9.97 Å². The molecule has 0 bridgehead atoms. The van der Waals surface area contributed by atoms with Crippen LogP contribution in [0.2, 0.25) is 0 Å². The summed E-state index contributed by atoms with van der Waals surface area (Å²) in [5.41, 5.74) is 3.75. The highest BCUT2D eigenvalue weighted by molar-refractivity contribution is 5.81. The van der Waals surface area contributed by atoms with E-state index in [4.69, 9.17) is 9.72 Å². The zero-order valence-electron chi connectivity index (χ0n) is 16.2. The summed E-state index contributed by atoms with van der Waals surface area (Å²) in [6.45, 7) is 6.92. The van der Waals surface area contributed by atoms with Crippen LogP contribution in [-0.2, 0) is 23.8 Å². The molecule has 27 heavy (non-hydrogen) atoms. The van der Waals surface area contributed by atoms with E-state index in [0.29, 0.717) is 12.4 Å². The SMILES string of the molecule is COCc1cc(Nc2ccc3c(c2)nc(C(C)(C)C)n3C)n2ncnc2n1. The molecule has 0 aliphatic heterocycles. The molecule has 3 heterocycles. The van der Waals surface area contributed by atoms with E-state index in [1.165, 1.54) is 6.33 Å². The molecule has 1 N–H and O–H groups in total. The highest BCUT2D eigenvalue weighted by atomic mass is 16.5. The van der Waals surface area contributed by atoms with Gasteiger partial charge in [-0.15, -0.1) is 0 Å². The highest BCUT2D eigenvalue weighted by Crippen LogP contribution is 2.28. The largest absolute Gasteiger partial charge is 0.378 e. The van der Waals surface area contributed by atoms with E-state index in [9.17, 15) is 0 Å². The lowest BCUT2D eigenvalue weighted by Crippen LogP contribution is -2.17. The van der Waals surface area contributed by atoms with Crippen LogP contribution in [0.3, 0.4) is 0 Å². The zero-order valence-corrected chi connectivity index (χ0v) is 16.2. The normalized spacial score (nSPS) is 12.2. The third-order valence-electron chi connectivity index (χ3n) is 4.42. The molecule has 0 unspecified atom stereocenters. The first-order valence-corrected chi connectivity index (χ1v) is 8.79. The third-order valence-corrected chi connectivity index (χ3v) is 4.42. The number of ether oxygens (including phenoxy) is 1. The Morgan fingerprint density at radius 3 is 2.70 bits per heavy atom. The Labute approximate surface area is 157 Å². The van der Waals surface area contributed by atoms with Crippen LogP contribution < -0.4 is 5.32 Å². The zero-order chi connectivity index (χ0) is 19.2. The first kappa shape index (κ1) is 17.4. The Morgan fingerprint density at radius 2 is 1.96 bits per heavy atom. The Hall–Kier alpha value is -3.00. The van der Waals surface area contributed by atoms with Gasteiger partial charge in [0.15, 0.2) is 0 Å². The summed E-state index contributed by atoms with van der Waals surface area (Å²) in [5, 5.41) is 7.66. The molecule has 0 fully saturated rings. The fourth-order valence-corrected chi connectivity index (χ4v) is 3.27. The van der Waals surface area contributed by atoms with Gasteiger partial charge in [-0.2, -0.15) is 14.6 Å². The monoisotopic (exact) mass is 365 g/mol. The lowest BCUT2D eigenvalue weighted by molar-refractivity contribution is 0.181. The van der Waals surface area contributed by atoms with Crippen molar-refractivity contribution in [3.05, 3.63) is 42.1 Å². The van der Waals surface area contributed by atoms with Crippen molar-refractivity contribution in [1.82, 2.24) is 29.1 Å². The van der Waals surface area contributed by atoms with Gasteiger partial charge in [-0.1, -0.05) is 20.8 Å². The molecule has 4 aromatic rings. The summed E-state index contributed by atoms with van der Waals surface area (Å²) < 4.78 is 9.02. The Bertz CT molecular complexity index is 1120. The van der Waals surface area contributed by atoms with E-state index in [-0.39, 0.29) is 5.41 Å². The molecular weight excluding hydrogens is 342 g/mol. The van der Waals surface area contributed by atoms with Crippen LogP contribution in [0.1, 0.15) is 32.3 Å². The first-order valence-electron chi connectivity index (χ1n) is 8.79. The molecule has 8 nitrogen and oxygen atoms in total. The predicted molar refractivity (Wildman–Crippen MR) is 104 cm³/mol. The lowest BCUT2D eigenvalue weighted by Gasteiger charge is -2.17. The minimum absolute atomic E-state index is 0.0194. The average Bonchev–Trinajstić information content (AvgIpc) is 3.19. The molecule has 0 radical (unpaired) electrons. The van der Waals surface area contributed by atoms with Crippen LogP contribution in [-0.4, -0.2) is 36.2 Å².